The highest BCUT2D eigenvalue weighted by molar-refractivity contribution is 6.06. The lowest BCUT2D eigenvalue weighted by Crippen LogP contribution is -2.52. The number of hydrogen-bond acceptors (Lipinski definition) is 6. The zero-order valence-electron chi connectivity index (χ0n) is 20.8. The monoisotopic (exact) mass is 493 g/mol. The van der Waals surface area contributed by atoms with Crippen LogP contribution in [0.25, 0.3) is 0 Å². The van der Waals surface area contributed by atoms with Crippen molar-refractivity contribution in [3.63, 3.8) is 0 Å². The molecule has 0 aromatic heterocycles. The second-order valence-corrected chi connectivity index (χ2v) is 10.2. The lowest BCUT2D eigenvalue weighted by atomic mass is 10.0. The lowest BCUT2D eigenvalue weighted by molar-refractivity contribution is -0.136. The molecule has 2 aromatic rings. The van der Waals surface area contributed by atoms with Crippen LogP contribution < -0.4 is 10.2 Å². The summed E-state index contributed by atoms with van der Waals surface area (Å²) < 4.78 is 14.6. The van der Waals surface area contributed by atoms with Gasteiger partial charge in [-0.3, -0.25) is 24.6 Å². The highest BCUT2D eigenvalue weighted by Gasteiger charge is 2.41. The average molecular weight is 494 g/mol. The third-order valence-electron chi connectivity index (χ3n) is 7.24. The number of piperidine rings is 1. The standard InChI is InChI=1S/C27H32FN5O3/c1-30(2)15-18-3-5-19(6-4-18)16-31-9-11-32(12-10-31)24-14-20(28)13-21-22(24)17-33(27(21)36)23-7-8-25(34)29-26(23)35/h3-6,13-14,23H,7-12,15-17H2,1-2H3,(H,29,34,35). The van der Waals surface area contributed by atoms with Crippen LogP contribution in [0, 0.1) is 5.82 Å². The molecule has 8 nitrogen and oxygen atoms in total. The van der Waals surface area contributed by atoms with Crippen molar-refractivity contribution >= 4 is 23.4 Å². The molecule has 0 aliphatic carbocycles. The lowest BCUT2D eigenvalue weighted by Gasteiger charge is -2.37. The molecule has 0 radical (unpaired) electrons. The number of imide groups is 1. The van der Waals surface area contributed by atoms with Gasteiger partial charge in [0.05, 0.1) is 0 Å². The fourth-order valence-corrected chi connectivity index (χ4v) is 5.41. The highest BCUT2D eigenvalue weighted by atomic mass is 19.1. The number of nitrogens with zero attached hydrogens (tertiary/aromatic N) is 4. The van der Waals surface area contributed by atoms with Crippen molar-refractivity contribution in [2.24, 2.45) is 0 Å². The van der Waals surface area contributed by atoms with Crippen molar-refractivity contribution in [2.75, 3.05) is 45.2 Å². The Morgan fingerprint density at radius 3 is 2.36 bits per heavy atom. The minimum atomic E-state index is -0.709. The van der Waals surface area contributed by atoms with E-state index < -0.39 is 17.8 Å². The third-order valence-corrected chi connectivity index (χ3v) is 7.24. The third kappa shape index (κ3) is 4.99. The number of carbonyl (C=O) groups is 3. The maximum absolute atomic E-state index is 14.6. The Hall–Kier alpha value is -3.30. The smallest absolute Gasteiger partial charge is 0.255 e. The van der Waals surface area contributed by atoms with Gasteiger partial charge in [-0.25, -0.2) is 4.39 Å². The summed E-state index contributed by atoms with van der Waals surface area (Å²) in [5.74, 6) is -1.59. The van der Waals surface area contributed by atoms with Crippen molar-refractivity contribution in [2.45, 2.75) is 38.5 Å². The molecule has 2 aromatic carbocycles. The van der Waals surface area contributed by atoms with Crippen LogP contribution in [0.2, 0.25) is 0 Å². The Bertz CT molecular complexity index is 1170. The Balaban J connectivity index is 1.25. The Morgan fingerprint density at radius 1 is 1.00 bits per heavy atom. The molecular weight excluding hydrogens is 461 g/mol. The molecule has 190 valence electrons. The van der Waals surface area contributed by atoms with Gasteiger partial charge in [0.25, 0.3) is 5.91 Å². The van der Waals surface area contributed by atoms with Gasteiger partial charge in [0.15, 0.2) is 0 Å². The first-order valence-corrected chi connectivity index (χ1v) is 12.5. The fraction of sp³-hybridized carbons (Fsp3) is 0.444. The number of fused-ring (bicyclic) bond motifs is 1. The zero-order valence-corrected chi connectivity index (χ0v) is 20.8. The largest absolute Gasteiger partial charge is 0.369 e. The molecule has 36 heavy (non-hydrogen) atoms. The van der Waals surface area contributed by atoms with Crippen LogP contribution in [-0.4, -0.2) is 78.7 Å². The Kier molecular flexibility index (Phi) is 6.77. The molecule has 0 bridgehead atoms. The summed E-state index contributed by atoms with van der Waals surface area (Å²) in [6.07, 6.45) is 0.481. The van der Waals surface area contributed by atoms with E-state index in [-0.39, 0.29) is 31.2 Å². The van der Waals surface area contributed by atoms with Crippen molar-refractivity contribution < 1.29 is 18.8 Å². The van der Waals surface area contributed by atoms with Crippen molar-refractivity contribution in [3.8, 4) is 0 Å². The van der Waals surface area contributed by atoms with E-state index in [1.54, 1.807) is 0 Å². The first-order valence-electron chi connectivity index (χ1n) is 12.5. The molecule has 0 spiro atoms. The van der Waals surface area contributed by atoms with Crippen LogP contribution in [0.3, 0.4) is 0 Å². The van der Waals surface area contributed by atoms with Crippen molar-refractivity contribution in [1.29, 1.82) is 0 Å². The van der Waals surface area contributed by atoms with E-state index >= 15 is 0 Å². The SMILES string of the molecule is CN(C)Cc1ccc(CN2CCN(c3cc(F)cc4c3CN(C3CCC(=O)NC3=O)C4=O)CC2)cc1. The number of piperazine rings is 1. The average Bonchev–Trinajstić information content (AvgIpc) is 3.16. The molecule has 3 heterocycles. The summed E-state index contributed by atoms with van der Waals surface area (Å²) in [4.78, 5) is 45.2. The van der Waals surface area contributed by atoms with Crippen LogP contribution >= 0.6 is 0 Å². The molecule has 0 saturated carbocycles. The van der Waals surface area contributed by atoms with Crippen LogP contribution in [-0.2, 0) is 29.2 Å². The summed E-state index contributed by atoms with van der Waals surface area (Å²) in [7, 11) is 4.12. The van der Waals surface area contributed by atoms with Crippen LogP contribution in [0.15, 0.2) is 36.4 Å². The predicted molar refractivity (Wildman–Crippen MR) is 134 cm³/mol. The summed E-state index contributed by atoms with van der Waals surface area (Å²) >= 11 is 0. The van der Waals surface area contributed by atoms with Crippen LogP contribution in [0.5, 0.6) is 0 Å². The molecule has 3 aliphatic heterocycles. The fourth-order valence-electron chi connectivity index (χ4n) is 5.41. The van der Waals surface area contributed by atoms with E-state index in [9.17, 15) is 18.8 Å². The minimum Gasteiger partial charge on any atom is -0.369 e. The van der Waals surface area contributed by atoms with E-state index in [1.807, 2.05) is 0 Å². The summed E-state index contributed by atoms with van der Waals surface area (Å²) in [6.45, 7) is 5.13. The van der Waals surface area contributed by atoms with E-state index in [1.165, 1.54) is 28.2 Å². The highest BCUT2D eigenvalue weighted by Crippen LogP contribution is 2.35. The van der Waals surface area contributed by atoms with Crippen molar-refractivity contribution in [3.05, 3.63) is 64.5 Å². The number of nitrogens with one attached hydrogen (secondary N) is 1. The molecular formula is C27H32FN5O3. The van der Waals surface area contributed by atoms with Gasteiger partial charge in [-0.05, 0) is 43.8 Å². The van der Waals surface area contributed by atoms with E-state index in [4.69, 9.17) is 0 Å². The molecule has 1 N–H and O–H groups in total. The van der Waals surface area contributed by atoms with Gasteiger partial charge in [-0.15, -0.1) is 0 Å². The number of rotatable bonds is 6. The van der Waals surface area contributed by atoms with E-state index in [0.717, 1.165) is 50.5 Å². The van der Waals surface area contributed by atoms with Gasteiger partial charge >= 0.3 is 0 Å². The Labute approximate surface area is 210 Å². The topological polar surface area (TPSA) is 76.2 Å². The number of hydrogen-bond donors (Lipinski definition) is 1. The number of carbonyl (C=O) groups excluding carboxylic acids is 3. The van der Waals surface area contributed by atoms with Gasteiger partial charge in [-0.2, -0.15) is 0 Å². The maximum atomic E-state index is 14.6. The van der Waals surface area contributed by atoms with Crippen LogP contribution in [0.1, 0.15) is 39.9 Å². The zero-order chi connectivity index (χ0) is 25.4. The second-order valence-electron chi connectivity index (χ2n) is 10.2. The van der Waals surface area contributed by atoms with E-state index in [0.29, 0.717) is 5.56 Å². The maximum Gasteiger partial charge on any atom is 0.255 e. The van der Waals surface area contributed by atoms with Gasteiger partial charge in [0.2, 0.25) is 11.8 Å². The molecule has 9 heteroatoms. The molecule has 1 atom stereocenters. The molecule has 2 saturated heterocycles. The number of amides is 3. The summed E-state index contributed by atoms with van der Waals surface area (Å²) in [5, 5.41) is 2.32. The molecule has 2 fully saturated rings. The van der Waals surface area contributed by atoms with Gasteiger partial charge in [0, 0.05) is 69.0 Å². The predicted octanol–water partition coefficient (Wildman–Crippen LogP) is 1.97. The molecule has 3 aliphatic rings. The van der Waals surface area contributed by atoms with Crippen molar-refractivity contribution in [1.82, 2.24) is 20.0 Å². The summed E-state index contributed by atoms with van der Waals surface area (Å²) in [6, 6.07) is 10.8. The normalized spacial score (nSPS) is 20.8. The minimum absolute atomic E-state index is 0.193. The first-order chi connectivity index (χ1) is 17.3. The molecule has 3 amide bonds. The summed E-state index contributed by atoms with van der Waals surface area (Å²) in [5.41, 5.74) is 4.35. The van der Waals surface area contributed by atoms with Crippen LogP contribution in [0.4, 0.5) is 10.1 Å². The van der Waals surface area contributed by atoms with Gasteiger partial charge in [-0.1, -0.05) is 24.3 Å². The second kappa shape index (κ2) is 9.99. The number of anilines is 1. The number of halogens is 1. The van der Waals surface area contributed by atoms with E-state index in [2.05, 4.69) is 58.4 Å². The van der Waals surface area contributed by atoms with Gasteiger partial charge in [0.1, 0.15) is 11.9 Å². The quantitative estimate of drug-likeness (QED) is 0.621. The Morgan fingerprint density at radius 2 is 1.69 bits per heavy atom. The molecule has 1 unspecified atom stereocenters. The van der Waals surface area contributed by atoms with Gasteiger partial charge < -0.3 is 14.7 Å². The number of benzene rings is 2. The first kappa shape index (κ1) is 24.4. The molecule has 5 rings (SSSR count).